The summed E-state index contributed by atoms with van der Waals surface area (Å²) in [5, 5.41) is 4.98. The number of hydrogen-bond donors (Lipinski definition) is 1. The smallest absolute Gasteiger partial charge is 0.174 e. The first-order chi connectivity index (χ1) is 18.6. The second-order valence-electron chi connectivity index (χ2n) is 10.2. The Labute approximate surface area is 234 Å². The van der Waals surface area contributed by atoms with Crippen molar-refractivity contribution in [2.45, 2.75) is 38.4 Å². The molecule has 6 nitrogen and oxygen atoms in total. The summed E-state index contributed by atoms with van der Waals surface area (Å²) < 4.78 is 2.25. The Bertz CT molecular complexity index is 1400. The van der Waals surface area contributed by atoms with Crippen molar-refractivity contribution in [2.24, 2.45) is 5.92 Å². The highest BCUT2D eigenvalue weighted by Gasteiger charge is 2.42. The Morgan fingerprint density at radius 1 is 0.974 bits per heavy atom. The average molecular weight is 543 g/mol. The minimum atomic E-state index is -0.122. The highest BCUT2D eigenvalue weighted by molar-refractivity contribution is 7.80. The number of anilines is 2. The lowest BCUT2D eigenvalue weighted by molar-refractivity contribution is 0.438. The summed E-state index contributed by atoms with van der Waals surface area (Å²) in [7, 11) is 0. The lowest BCUT2D eigenvalue weighted by Crippen LogP contribution is -2.33. The van der Waals surface area contributed by atoms with Crippen molar-refractivity contribution in [3.63, 3.8) is 0 Å². The second kappa shape index (κ2) is 10.8. The molecule has 2 atom stereocenters. The molecule has 8 heteroatoms. The Morgan fingerprint density at radius 3 is 2.47 bits per heavy atom. The third kappa shape index (κ3) is 4.88. The van der Waals surface area contributed by atoms with E-state index < -0.39 is 0 Å². The van der Waals surface area contributed by atoms with Gasteiger partial charge in [0.25, 0.3) is 0 Å². The topological polar surface area (TPSA) is 49.2 Å². The zero-order valence-corrected chi connectivity index (χ0v) is 22.9. The van der Waals surface area contributed by atoms with Gasteiger partial charge < -0.3 is 19.7 Å². The predicted molar refractivity (Wildman–Crippen MR) is 158 cm³/mol. The van der Waals surface area contributed by atoms with E-state index in [0.717, 1.165) is 52.5 Å². The molecule has 0 spiro atoms. The molecule has 4 aromatic rings. The van der Waals surface area contributed by atoms with E-state index in [0.29, 0.717) is 11.7 Å². The van der Waals surface area contributed by atoms with Crippen LogP contribution in [0.1, 0.15) is 48.9 Å². The average Bonchev–Trinajstić information content (AvgIpc) is 3.53. The number of halogens is 1. The molecule has 5 heterocycles. The molecule has 0 amide bonds. The summed E-state index contributed by atoms with van der Waals surface area (Å²) in [6, 6.07) is 22.4. The normalized spacial score (nSPS) is 20.1. The first-order valence-corrected chi connectivity index (χ1v) is 14.0. The molecule has 194 valence electrons. The molecular weight excluding hydrogens is 512 g/mol. The van der Waals surface area contributed by atoms with Crippen LogP contribution in [0, 0.1) is 5.92 Å². The third-order valence-corrected chi connectivity index (χ3v) is 8.28. The molecule has 0 aliphatic carbocycles. The number of hydrogen-bond acceptors (Lipinski definition) is 4. The molecule has 1 N–H and O–H groups in total. The summed E-state index contributed by atoms with van der Waals surface area (Å²) in [5.41, 5.74) is 5.14. The van der Waals surface area contributed by atoms with Crippen molar-refractivity contribution in [3.05, 3.63) is 107 Å². The number of thiocarbonyl (C=S) groups is 1. The number of aromatic nitrogens is 3. The molecular formula is C30H31ClN6S. The summed E-state index contributed by atoms with van der Waals surface area (Å²) in [4.78, 5) is 13.8. The van der Waals surface area contributed by atoms with Crippen LogP contribution >= 0.6 is 23.8 Å². The van der Waals surface area contributed by atoms with Crippen molar-refractivity contribution >= 4 is 40.3 Å². The molecule has 38 heavy (non-hydrogen) atoms. The van der Waals surface area contributed by atoms with Crippen LogP contribution in [0.5, 0.6) is 0 Å². The molecule has 0 radical (unpaired) electrons. The van der Waals surface area contributed by atoms with Gasteiger partial charge in [0.05, 0.1) is 34.7 Å². The first-order valence-electron chi connectivity index (χ1n) is 13.2. The number of rotatable bonds is 6. The predicted octanol–water partition coefficient (Wildman–Crippen LogP) is 6.39. The van der Waals surface area contributed by atoms with Crippen LogP contribution in [-0.4, -0.2) is 32.7 Å². The van der Waals surface area contributed by atoms with E-state index in [1.54, 1.807) is 0 Å². The van der Waals surface area contributed by atoms with Gasteiger partial charge in [-0.15, -0.1) is 0 Å². The molecule has 6 rings (SSSR count). The SMILES string of the molecule is CC1CCN(c2ccc(N3C(=S)N[C@H](c4ccccn4)[C@@H]3c3cccn3Cc3ccccn3)cc2Cl)CC1. The van der Waals surface area contributed by atoms with E-state index in [1.807, 2.05) is 36.7 Å². The van der Waals surface area contributed by atoms with Gasteiger partial charge in [-0.2, -0.15) is 0 Å². The van der Waals surface area contributed by atoms with Gasteiger partial charge >= 0.3 is 0 Å². The van der Waals surface area contributed by atoms with Gasteiger partial charge in [0.1, 0.15) is 6.04 Å². The molecule has 2 aliphatic heterocycles. The molecule has 2 aliphatic rings. The van der Waals surface area contributed by atoms with E-state index in [1.165, 1.54) is 12.8 Å². The van der Waals surface area contributed by atoms with Crippen molar-refractivity contribution in [2.75, 3.05) is 22.9 Å². The van der Waals surface area contributed by atoms with E-state index >= 15 is 0 Å². The summed E-state index contributed by atoms with van der Waals surface area (Å²) in [6.07, 6.45) is 8.16. The van der Waals surface area contributed by atoms with Gasteiger partial charge in [-0.3, -0.25) is 9.97 Å². The minimum absolute atomic E-state index is 0.117. The Balaban J connectivity index is 1.38. The molecule has 2 fully saturated rings. The molecule has 1 aromatic carbocycles. The van der Waals surface area contributed by atoms with E-state index in [9.17, 15) is 0 Å². The largest absolute Gasteiger partial charge is 0.370 e. The van der Waals surface area contributed by atoms with E-state index in [2.05, 4.69) is 80.3 Å². The van der Waals surface area contributed by atoms with Gasteiger partial charge in [0.15, 0.2) is 5.11 Å². The second-order valence-corrected chi connectivity index (χ2v) is 11.0. The maximum Gasteiger partial charge on any atom is 0.174 e. The Morgan fingerprint density at radius 2 is 1.76 bits per heavy atom. The maximum absolute atomic E-state index is 6.93. The van der Waals surface area contributed by atoms with Crippen molar-refractivity contribution in [3.8, 4) is 0 Å². The number of nitrogens with one attached hydrogen (secondary N) is 1. The van der Waals surface area contributed by atoms with Gasteiger partial charge in [0.2, 0.25) is 0 Å². The summed E-state index contributed by atoms with van der Waals surface area (Å²) in [6.45, 7) is 5.07. The summed E-state index contributed by atoms with van der Waals surface area (Å²) in [5.74, 6) is 0.768. The fourth-order valence-corrected chi connectivity index (χ4v) is 6.23. The zero-order valence-electron chi connectivity index (χ0n) is 21.4. The van der Waals surface area contributed by atoms with E-state index in [-0.39, 0.29) is 12.1 Å². The van der Waals surface area contributed by atoms with Gasteiger partial charge in [0, 0.05) is 43.1 Å². The highest BCUT2D eigenvalue weighted by Crippen LogP contribution is 2.43. The highest BCUT2D eigenvalue weighted by atomic mass is 35.5. The lowest BCUT2D eigenvalue weighted by atomic mass is 9.98. The van der Waals surface area contributed by atoms with Crippen LogP contribution in [0.4, 0.5) is 11.4 Å². The molecule has 2 saturated heterocycles. The summed E-state index contributed by atoms with van der Waals surface area (Å²) >= 11 is 12.9. The number of pyridine rings is 2. The Hall–Kier alpha value is -3.42. The van der Waals surface area contributed by atoms with Crippen molar-refractivity contribution in [1.29, 1.82) is 0 Å². The molecule has 3 aromatic heterocycles. The van der Waals surface area contributed by atoms with E-state index in [4.69, 9.17) is 28.8 Å². The van der Waals surface area contributed by atoms with Gasteiger partial charge in [-0.25, -0.2) is 0 Å². The number of nitrogens with zero attached hydrogens (tertiary/aromatic N) is 5. The lowest BCUT2D eigenvalue weighted by Gasteiger charge is -2.33. The first kappa shape index (κ1) is 24.9. The maximum atomic E-state index is 6.93. The van der Waals surface area contributed by atoms with Crippen LogP contribution in [0.25, 0.3) is 0 Å². The van der Waals surface area contributed by atoms with Crippen LogP contribution in [-0.2, 0) is 6.54 Å². The minimum Gasteiger partial charge on any atom is -0.370 e. The van der Waals surface area contributed by atoms with Gasteiger partial charge in [-0.05, 0) is 85.6 Å². The molecule has 0 bridgehead atoms. The monoisotopic (exact) mass is 542 g/mol. The fraction of sp³-hybridized carbons (Fsp3) is 0.300. The van der Waals surface area contributed by atoms with Crippen LogP contribution in [0.15, 0.2) is 85.3 Å². The third-order valence-electron chi connectivity index (χ3n) is 7.66. The zero-order chi connectivity index (χ0) is 26.1. The standard InChI is InChI=1S/C30H31ClN6S/c1-21-12-17-35(18-13-21)26-11-10-23(19-24(26)31)37-29(28(34-30(37)38)25-8-3-5-15-33-25)27-9-6-16-36(27)20-22-7-2-4-14-32-22/h2-11,14-16,19,21,28-29H,12-13,17-18,20H2,1H3,(H,34,38)/t28-,29+/m1/s1. The van der Waals surface area contributed by atoms with Crippen molar-refractivity contribution < 1.29 is 0 Å². The quantitative estimate of drug-likeness (QED) is 0.285. The van der Waals surface area contributed by atoms with Crippen LogP contribution in [0.3, 0.4) is 0 Å². The van der Waals surface area contributed by atoms with Gasteiger partial charge in [-0.1, -0.05) is 30.7 Å². The van der Waals surface area contributed by atoms with Crippen LogP contribution < -0.4 is 15.1 Å². The van der Waals surface area contributed by atoms with Crippen LogP contribution in [0.2, 0.25) is 5.02 Å². The fourth-order valence-electron chi connectivity index (χ4n) is 5.59. The van der Waals surface area contributed by atoms with Crippen molar-refractivity contribution in [1.82, 2.24) is 19.9 Å². The Kier molecular flexibility index (Phi) is 7.04. The number of piperidine rings is 1. The molecule has 0 unspecified atom stereocenters. The number of benzene rings is 1. The molecule has 0 saturated carbocycles.